The minimum Gasteiger partial charge on any atom is -0.396 e. The maximum Gasteiger partial charge on any atom is 0.174 e. The number of hydrogen-bond acceptors (Lipinski definition) is 5. The van der Waals surface area contributed by atoms with Gasteiger partial charge in [-0.15, -0.1) is 0 Å². The Morgan fingerprint density at radius 2 is 1.91 bits per heavy atom. The van der Waals surface area contributed by atoms with Gasteiger partial charge >= 0.3 is 0 Å². The molecule has 3 saturated carbocycles. The largest absolute Gasteiger partial charge is 0.396 e. The summed E-state index contributed by atoms with van der Waals surface area (Å²) in [7, 11) is 0. The fraction of sp³-hybridized carbons (Fsp3) is 0.926. The van der Waals surface area contributed by atoms with Gasteiger partial charge in [-0.2, -0.15) is 0 Å². The topological polar surface area (TPSA) is 79.2 Å². The number of aliphatic hydroxyl groups excluding tert-OH is 2. The Hall–Kier alpha value is -0.460. The summed E-state index contributed by atoms with van der Waals surface area (Å²) < 4.78 is 13.0. The van der Waals surface area contributed by atoms with E-state index in [0.717, 1.165) is 57.8 Å². The molecule has 1 spiro atoms. The number of aliphatic hydroxyl groups is 3. The average molecular weight is 447 g/mol. The molecule has 2 saturated heterocycles. The van der Waals surface area contributed by atoms with Crippen LogP contribution in [0.25, 0.3) is 0 Å². The molecule has 32 heavy (non-hydrogen) atoms. The molecule has 11 unspecified atom stereocenters. The SMILES string of the molecule is CC1C2(CCC(CO)CO2)OC2CC3C4CC=C5CC(O)CCC5(C)C4CCC3(C)C21O. The molecule has 5 fully saturated rings. The van der Waals surface area contributed by atoms with Crippen molar-refractivity contribution < 1.29 is 24.8 Å². The Kier molecular flexibility index (Phi) is 4.84. The molecule has 0 aromatic carbocycles. The first-order chi connectivity index (χ1) is 15.2. The summed E-state index contributed by atoms with van der Waals surface area (Å²) in [4.78, 5) is 0. The van der Waals surface area contributed by atoms with E-state index in [0.29, 0.717) is 24.4 Å². The van der Waals surface area contributed by atoms with Crippen LogP contribution < -0.4 is 0 Å². The molecule has 5 heteroatoms. The van der Waals surface area contributed by atoms with Crippen LogP contribution in [0.5, 0.6) is 0 Å². The zero-order valence-corrected chi connectivity index (χ0v) is 20.1. The molecule has 6 aliphatic rings. The second-order valence-electron chi connectivity index (χ2n) is 12.7. The van der Waals surface area contributed by atoms with Crippen molar-refractivity contribution in [1.82, 2.24) is 0 Å². The summed E-state index contributed by atoms with van der Waals surface area (Å²) in [5, 5.41) is 32.2. The highest BCUT2D eigenvalue weighted by Crippen LogP contribution is 2.72. The Bertz CT molecular complexity index is 802. The van der Waals surface area contributed by atoms with Crippen LogP contribution in [-0.4, -0.2) is 52.1 Å². The number of rotatable bonds is 1. The Morgan fingerprint density at radius 1 is 1.09 bits per heavy atom. The van der Waals surface area contributed by atoms with Crippen LogP contribution in [0.4, 0.5) is 0 Å². The summed E-state index contributed by atoms with van der Waals surface area (Å²) in [6, 6.07) is 0. The molecule has 11 atom stereocenters. The lowest BCUT2D eigenvalue weighted by atomic mass is 9.46. The quantitative estimate of drug-likeness (QED) is 0.534. The maximum absolute atomic E-state index is 12.4. The van der Waals surface area contributed by atoms with Crippen LogP contribution >= 0.6 is 0 Å². The molecule has 2 heterocycles. The number of allylic oxidation sites excluding steroid dienone is 1. The Morgan fingerprint density at radius 3 is 2.62 bits per heavy atom. The third kappa shape index (κ3) is 2.58. The molecule has 0 aromatic rings. The molecular formula is C27H42O5. The number of ether oxygens (including phenoxy) is 2. The molecule has 0 amide bonds. The first-order valence-corrected chi connectivity index (χ1v) is 13.2. The molecule has 0 bridgehead atoms. The number of fused-ring (bicyclic) bond motifs is 7. The van der Waals surface area contributed by atoms with Crippen LogP contribution in [-0.2, 0) is 9.47 Å². The van der Waals surface area contributed by atoms with Gasteiger partial charge in [0.25, 0.3) is 0 Å². The highest BCUT2D eigenvalue weighted by molar-refractivity contribution is 5.28. The molecule has 2 aliphatic heterocycles. The highest BCUT2D eigenvalue weighted by Gasteiger charge is 2.76. The molecule has 4 aliphatic carbocycles. The summed E-state index contributed by atoms with van der Waals surface area (Å²) in [6.07, 6.45) is 10.8. The average Bonchev–Trinajstić information content (AvgIpc) is 3.13. The van der Waals surface area contributed by atoms with Crippen molar-refractivity contribution >= 4 is 0 Å². The molecule has 0 radical (unpaired) electrons. The van der Waals surface area contributed by atoms with Crippen molar-refractivity contribution in [3.05, 3.63) is 11.6 Å². The van der Waals surface area contributed by atoms with E-state index in [-0.39, 0.29) is 41.5 Å². The van der Waals surface area contributed by atoms with Gasteiger partial charge in [0, 0.05) is 30.3 Å². The third-order valence-corrected chi connectivity index (χ3v) is 11.7. The lowest BCUT2D eigenvalue weighted by molar-refractivity contribution is -0.277. The van der Waals surface area contributed by atoms with Gasteiger partial charge in [0.05, 0.1) is 18.8 Å². The minimum atomic E-state index is -0.859. The molecule has 180 valence electrons. The Labute approximate surface area is 192 Å². The zero-order chi connectivity index (χ0) is 22.5. The highest BCUT2D eigenvalue weighted by atomic mass is 16.7. The first-order valence-electron chi connectivity index (χ1n) is 13.2. The fourth-order valence-electron chi connectivity index (χ4n) is 9.66. The zero-order valence-electron chi connectivity index (χ0n) is 20.1. The van der Waals surface area contributed by atoms with Crippen LogP contribution in [0, 0.1) is 40.4 Å². The van der Waals surface area contributed by atoms with Crippen molar-refractivity contribution in [3.8, 4) is 0 Å². The summed E-state index contributed by atoms with van der Waals surface area (Å²) >= 11 is 0. The van der Waals surface area contributed by atoms with Gasteiger partial charge in [0.1, 0.15) is 5.60 Å². The van der Waals surface area contributed by atoms with E-state index in [1.807, 2.05) is 0 Å². The van der Waals surface area contributed by atoms with Gasteiger partial charge in [0.15, 0.2) is 5.79 Å². The molecule has 0 aromatic heterocycles. The molecule has 3 N–H and O–H groups in total. The van der Waals surface area contributed by atoms with Gasteiger partial charge in [0.2, 0.25) is 0 Å². The van der Waals surface area contributed by atoms with Crippen LogP contribution in [0.2, 0.25) is 0 Å². The fourth-order valence-corrected chi connectivity index (χ4v) is 9.66. The summed E-state index contributed by atoms with van der Waals surface area (Å²) in [5.41, 5.74) is 0.691. The minimum absolute atomic E-state index is 0.0682. The third-order valence-electron chi connectivity index (χ3n) is 11.7. The molecule has 5 nitrogen and oxygen atoms in total. The van der Waals surface area contributed by atoms with Crippen molar-refractivity contribution in [2.45, 2.75) is 102 Å². The number of hydrogen-bond donors (Lipinski definition) is 3. The van der Waals surface area contributed by atoms with E-state index in [2.05, 4.69) is 26.8 Å². The molecular weight excluding hydrogens is 404 g/mol. The van der Waals surface area contributed by atoms with Crippen molar-refractivity contribution in [3.63, 3.8) is 0 Å². The maximum atomic E-state index is 12.4. The van der Waals surface area contributed by atoms with Crippen molar-refractivity contribution in [2.24, 2.45) is 40.4 Å². The lowest BCUT2D eigenvalue weighted by Gasteiger charge is -2.59. The van der Waals surface area contributed by atoms with Crippen molar-refractivity contribution in [2.75, 3.05) is 13.2 Å². The van der Waals surface area contributed by atoms with Crippen molar-refractivity contribution in [1.29, 1.82) is 0 Å². The van der Waals surface area contributed by atoms with E-state index in [1.54, 1.807) is 0 Å². The van der Waals surface area contributed by atoms with Gasteiger partial charge in [-0.3, -0.25) is 0 Å². The predicted molar refractivity (Wildman–Crippen MR) is 121 cm³/mol. The standard InChI is InChI=1S/C27H42O5/c1-16-26(11-6-17(14-28)15-31-26)32-23-13-22-20-5-4-18-12-19(29)7-9-24(18,2)21(20)8-10-25(22,3)27(16,23)30/h4,16-17,19-23,28-30H,5-15H2,1-3H3. The second kappa shape index (κ2) is 7.04. The van der Waals surface area contributed by atoms with Gasteiger partial charge in [-0.1, -0.05) is 32.4 Å². The Balaban J connectivity index is 1.30. The van der Waals surface area contributed by atoms with E-state index in [4.69, 9.17) is 9.47 Å². The normalized spacial score (nSPS) is 59.2. The van der Waals surface area contributed by atoms with Gasteiger partial charge in [-0.05, 0) is 74.5 Å². The van der Waals surface area contributed by atoms with Crippen LogP contribution in [0.15, 0.2) is 11.6 Å². The van der Waals surface area contributed by atoms with E-state index in [9.17, 15) is 15.3 Å². The van der Waals surface area contributed by atoms with E-state index in [1.165, 1.54) is 5.57 Å². The van der Waals surface area contributed by atoms with E-state index >= 15 is 0 Å². The van der Waals surface area contributed by atoms with Gasteiger partial charge in [-0.25, -0.2) is 0 Å². The monoisotopic (exact) mass is 446 g/mol. The van der Waals surface area contributed by atoms with Crippen LogP contribution in [0.3, 0.4) is 0 Å². The predicted octanol–water partition coefficient (Wildman–Crippen LogP) is 3.80. The smallest absolute Gasteiger partial charge is 0.174 e. The molecule has 6 rings (SSSR count). The first kappa shape index (κ1) is 22.0. The lowest BCUT2D eigenvalue weighted by Crippen LogP contribution is -2.59. The van der Waals surface area contributed by atoms with Crippen LogP contribution in [0.1, 0.15) is 78.6 Å². The second-order valence-corrected chi connectivity index (χ2v) is 12.7. The summed E-state index contributed by atoms with van der Waals surface area (Å²) in [5.74, 6) is 1.12. The van der Waals surface area contributed by atoms with Gasteiger partial charge < -0.3 is 24.8 Å². The van der Waals surface area contributed by atoms with E-state index < -0.39 is 11.4 Å². The summed E-state index contributed by atoms with van der Waals surface area (Å²) in [6.45, 7) is 7.63.